The van der Waals surface area contributed by atoms with E-state index in [9.17, 15) is 0 Å². The van der Waals surface area contributed by atoms with Crippen LogP contribution in [0.3, 0.4) is 0 Å². The molecule has 1 rings (SSSR count). The minimum Gasteiger partial charge on any atom is -0.121 e. The van der Waals surface area contributed by atoms with Crippen LogP contribution >= 0.6 is 23.2 Å². The highest BCUT2D eigenvalue weighted by molar-refractivity contribution is 6.37. The normalized spacial score (nSPS) is 11.8. The van der Waals surface area contributed by atoms with Crippen molar-refractivity contribution in [1.29, 1.82) is 0 Å². The van der Waals surface area contributed by atoms with Gasteiger partial charge in [-0.2, -0.15) is 0 Å². The maximum absolute atomic E-state index is 5.77. The molecule has 0 unspecified atom stereocenters. The zero-order valence-electron chi connectivity index (χ0n) is 6.85. The van der Waals surface area contributed by atoms with E-state index in [0.29, 0.717) is 10.9 Å². The summed E-state index contributed by atoms with van der Waals surface area (Å²) in [6, 6.07) is 8.13. The lowest BCUT2D eigenvalue weighted by Gasteiger charge is -1.95. The Kier molecular flexibility index (Phi) is 3.64. The highest BCUT2D eigenvalue weighted by atomic mass is 35.5. The van der Waals surface area contributed by atoms with Crippen molar-refractivity contribution in [3.63, 3.8) is 0 Å². The van der Waals surface area contributed by atoms with Gasteiger partial charge in [0.25, 0.3) is 0 Å². The minimum atomic E-state index is 0.370. The molecule has 64 valence electrons. The van der Waals surface area contributed by atoms with E-state index in [1.165, 1.54) is 5.56 Å². The van der Waals surface area contributed by atoms with Crippen molar-refractivity contribution >= 4 is 29.3 Å². The average molecular weight is 201 g/mol. The third-order valence-electron chi connectivity index (χ3n) is 1.53. The maximum atomic E-state index is 5.77. The molecule has 0 aliphatic heterocycles. The number of allylic oxidation sites excluding steroid dienone is 1. The first-order valence-electron chi connectivity index (χ1n) is 3.71. The SMILES string of the molecule is Cc1ccc(/C=C(/Cl)CCl)cc1. The maximum Gasteiger partial charge on any atom is 0.0582 e. The van der Waals surface area contributed by atoms with Crippen LogP contribution in [0.2, 0.25) is 0 Å². The van der Waals surface area contributed by atoms with Crippen LogP contribution in [-0.2, 0) is 0 Å². The van der Waals surface area contributed by atoms with Gasteiger partial charge in [-0.1, -0.05) is 41.4 Å². The van der Waals surface area contributed by atoms with Crippen LogP contribution in [0, 0.1) is 6.92 Å². The molecule has 1 aromatic rings. The molecule has 0 atom stereocenters. The van der Waals surface area contributed by atoms with Crippen LogP contribution in [0.5, 0.6) is 0 Å². The van der Waals surface area contributed by atoms with Crippen LogP contribution in [0.25, 0.3) is 6.08 Å². The Morgan fingerprint density at radius 1 is 1.33 bits per heavy atom. The smallest absolute Gasteiger partial charge is 0.0582 e. The van der Waals surface area contributed by atoms with Crippen LogP contribution in [0.4, 0.5) is 0 Å². The lowest BCUT2D eigenvalue weighted by Crippen LogP contribution is -1.76. The van der Waals surface area contributed by atoms with E-state index in [4.69, 9.17) is 23.2 Å². The van der Waals surface area contributed by atoms with Gasteiger partial charge in [0, 0.05) is 5.03 Å². The fourth-order valence-electron chi connectivity index (χ4n) is 0.882. The van der Waals surface area contributed by atoms with Crippen molar-refractivity contribution in [2.75, 3.05) is 5.88 Å². The molecule has 0 aliphatic rings. The molecular formula is C10H10Cl2. The highest BCUT2D eigenvalue weighted by Gasteiger charge is 1.90. The number of benzene rings is 1. The van der Waals surface area contributed by atoms with Crippen molar-refractivity contribution in [2.45, 2.75) is 6.92 Å². The predicted octanol–water partition coefficient (Wildman–Crippen LogP) is 3.81. The van der Waals surface area contributed by atoms with Crippen molar-refractivity contribution in [3.05, 3.63) is 40.4 Å². The lowest BCUT2D eigenvalue weighted by molar-refractivity contribution is 1.46. The molecule has 0 nitrogen and oxygen atoms in total. The van der Waals surface area contributed by atoms with Gasteiger partial charge in [-0.3, -0.25) is 0 Å². The fourth-order valence-corrected chi connectivity index (χ4v) is 1.09. The van der Waals surface area contributed by atoms with E-state index in [1.807, 2.05) is 30.3 Å². The highest BCUT2D eigenvalue weighted by Crippen LogP contribution is 2.12. The van der Waals surface area contributed by atoms with Crippen molar-refractivity contribution < 1.29 is 0 Å². The zero-order valence-corrected chi connectivity index (χ0v) is 8.36. The van der Waals surface area contributed by atoms with E-state index < -0.39 is 0 Å². The summed E-state index contributed by atoms with van der Waals surface area (Å²) in [5.41, 5.74) is 2.33. The molecule has 0 bridgehead atoms. The Hall–Kier alpha value is -0.460. The summed E-state index contributed by atoms with van der Waals surface area (Å²) in [6.45, 7) is 2.05. The second-order valence-corrected chi connectivity index (χ2v) is 3.39. The van der Waals surface area contributed by atoms with E-state index >= 15 is 0 Å². The van der Waals surface area contributed by atoms with Crippen molar-refractivity contribution in [3.8, 4) is 0 Å². The van der Waals surface area contributed by atoms with Crippen LogP contribution < -0.4 is 0 Å². The predicted molar refractivity (Wildman–Crippen MR) is 55.7 cm³/mol. The number of halogens is 2. The summed E-state index contributed by atoms with van der Waals surface area (Å²) in [6.07, 6.45) is 1.87. The van der Waals surface area contributed by atoms with Gasteiger partial charge < -0.3 is 0 Å². The zero-order chi connectivity index (χ0) is 8.97. The van der Waals surface area contributed by atoms with Gasteiger partial charge in [-0.15, -0.1) is 11.6 Å². The molecule has 12 heavy (non-hydrogen) atoms. The number of aryl methyl sites for hydroxylation is 1. The number of hydrogen-bond acceptors (Lipinski definition) is 0. The minimum absolute atomic E-state index is 0.370. The monoisotopic (exact) mass is 200 g/mol. The van der Waals surface area contributed by atoms with E-state index in [0.717, 1.165) is 5.56 Å². The molecule has 0 N–H and O–H groups in total. The Labute approximate surface area is 82.8 Å². The van der Waals surface area contributed by atoms with Crippen LogP contribution in [-0.4, -0.2) is 5.88 Å². The van der Waals surface area contributed by atoms with Crippen molar-refractivity contribution in [2.24, 2.45) is 0 Å². The Morgan fingerprint density at radius 3 is 2.42 bits per heavy atom. The molecule has 0 fully saturated rings. The first-order chi connectivity index (χ1) is 5.72. The molecule has 2 heteroatoms. The molecule has 0 aliphatic carbocycles. The second kappa shape index (κ2) is 4.54. The van der Waals surface area contributed by atoms with Crippen LogP contribution in [0.15, 0.2) is 29.3 Å². The average Bonchev–Trinajstić information content (AvgIpc) is 2.09. The summed E-state index contributed by atoms with van der Waals surface area (Å²) in [7, 11) is 0. The molecule has 0 spiro atoms. The molecule has 0 saturated carbocycles. The van der Waals surface area contributed by atoms with Gasteiger partial charge in [-0.05, 0) is 18.6 Å². The van der Waals surface area contributed by atoms with Crippen LogP contribution in [0.1, 0.15) is 11.1 Å². The van der Waals surface area contributed by atoms with Gasteiger partial charge in [0.1, 0.15) is 0 Å². The molecule has 0 radical (unpaired) electrons. The number of hydrogen-bond donors (Lipinski definition) is 0. The third kappa shape index (κ3) is 2.88. The lowest BCUT2D eigenvalue weighted by atomic mass is 10.1. The largest absolute Gasteiger partial charge is 0.121 e. The molecule has 0 aromatic heterocycles. The van der Waals surface area contributed by atoms with Gasteiger partial charge >= 0.3 is 0 Å². The van der Waals surface area contributed by atoms with Gasteiger partial charge in [0.15, 0.2) is 0 Å². The standard InChI is InChI=1S/C10H10Cl2/c1-8-2-4-9(5-3-8)6-10(12)7-11/h2-6H,7H2,1H3/b10-6+. The third-order valence-corrected chi connectivity index (χ3v) is 2.20. The number of rotatable bonds is 2. The first kappa shape index (κ1) is 9.63. The van der Waals surface area contributed by atoms with Gasteiger partial charge in [-0.25, -0.2) is 0 Å². The van der Waals surface area contributed by atoms with Gasteiger partial charge in [0.2, 0.25) is 0 Å². The van der Waals surface area contributed by atoms with Crippen molar-refractivity contribution in [1.82, 2.24) is 0 Å². The molecule has 0 saturated heterocycles. The molecule has 1 aromatic carbocycles. The Balaban J connectivity index is 2.84. The summed E-state index contributed by atoms with van der Waals surface area (Å²) in [5.74, 6) is 0.370. The summed E-state index contributed by atoms with van der Waals surface area (Å²) in [5, 5.41) is 0.667. The van der Waals surface area contributed by atoms with E-state index in [-0.39, 0.29) is 0 Å². The van der Waals surface area contributed by atoms with E-state index in [1.54, 1.807) is 0 Å². The van der Waals surface area contributed by atoms with Gasteiger partial charge in [0.05, 0.1) is 5.88 Å². The fraction of sp³-hybridized carbons (Fsp3) is 0.200. The molecular weight excluding hydrogens is 191 g/mol. The summed E-state index contributed by atoms with van der Waals surface area (Å²) in [4.78, 5) is 0. The molecule has 0 amide bonds. The van der Waals surface area contributed by atoms with E-state index in [2.05, 4.69) is 6.92 Å². The Morgan fingerprint density at radius 2 is 1.92 bits per heavy atom. The number of alkyl halides is 1. The topological polar surface area (TPSA) is 0 Å². The first-order valence-corrected chi connectivity index (χ1v) is 4.62. The second-order valence-electron chi connectivity index (χ2n) is 2.64. The summed E-state index contributed by atoms with van der Waals surface area (Å²) >= 11 is 11.3. The summed E-state index contributed by atoms with van der Waals surface area (Å²) < 4.78 is 0. The molecule has 0 heterocycles. The Bertz CT molecular complexity index is 272. The quantitative estimate of drug-likeness (QED) is 0.638.